The third-order valence-corrected chi connectivity index (χ3v) is 11.7. The van der Waals surface area contributed by atoms with Gasteiger partial charge in [0, 0.05) is 10.8 Å². The van der Waals surface area contributed by atoms with E-state index in [1.807, 2.05) is 0 Å². The van der Waals surface area contributed by atoms with E-state index in [4.69, 9.17) is 4.98 Å². The smallest absolute Gasteiger partial charge is 0.146 e. The number of pyridine rings is 1. The summed E-state index contributed by atoms with van der Waals surface area (Å²) < 4.78 is 2.32. The molecule has 0 fully saturated rings. The summed E-state index contributed by atoms with van der Waals surface area (Å²) >= 11 is 0. The average molecular weight is 697 g/mol. The van der Waals surface area contributed by atoms with E-state index in [0.717, 1.165) is 22.2 Å². The Labute approximate surface area is 317 Å². The van der Waals surface area contributed by atoms with Gasteiger partial charge in [-0.1, -0.05) is 158 Å². The first kappa shape index (κ1) is 30.2. The fourth-order valence-electron chi connectivity index (χ4n) is 9.17. The Morgan fingerprint density at radius 2 is 0.727 bits per heavy atom. The predicted molar refractivity (Wildman–Crippen MR) is 234 cm³/mol. The predicted octanol–water partition coefficient (Wildman–Crippen LogP) is 14.4. The van der Waals surface area contributed by atoms with Crippen LogP contribution in [0.4, 0.5) is 0 Å². The van der Waals surface area contributed by atoms with Crippen LogP contribution in [-0.2, 0) is 0 Å². The van der Waals surface area contributed by atoms with Crippen LogP contribution in [0.1, 0.15) is 0 Å². The zero-order chi connectivity index (χ0) is 36.0. The van der Waals surface area contributed by atoms with Gasteiger partial charge in [-0.2, -0.15) is 0 Å². The van der Waals surface area contributed by atoms with E-state index < -0.39 is 0 Å². The molecule has 0 radical (unpaired) electrons. The second kappa shape index (κ2) is 11.6. The number of para-hydroxylation sites is 1. The summed E-state index contributed by atoms with van der Waals surface area (Å²) in [7, 11) is 0. The third kappa shape index (κ3) is 4.52. The first-order valence-corrected chi connectivity index (χ1v) is 19.0. The van der Waals surface area contributed by atoms with Gasteiger partial charge >= 0.3 is 0 Å². The molecule has 0 atom stereocenters. The summed E-state index contributed by atoms with van der Waals surface area (Å²) in [5.41, 5.74) is 11.7. The van der Waals surface area contributed by atoms with E-state index in [-0.39, 0.29) is 0 Å². The van der Waals surface area contributed by atoms with Crippen molar-refractivity contribution in [1.82, 2.24) is 9.38 Å². The molecule has 12 aromatic rings. The number of aromatic nitrogens is 2. The van der Waals surface area contributed by atoms with Gasteiger partial charge in [0.15, 0.2) is 0 Å². The monoisotopic (exact) mass is 696 g/mol. The number of imidazole rings is 1. The van der Waals surface area contributed by atoms with E-state index in [1.54, 1.807) is 0 Å². The van der Waals surface area contributed by atoms with Crippen LogP contribution in [0.5, 0.6) is 0 Å². The van der Waals surface area contributed by atoms with E-state index >= 15 is 0 Å². The molecular formula is C53H32N2. The lowest BCUT2D eigenvalue weighted by Gasteiger charge is -2.18. The van der Waals surface area contributed by atoms with Gasteiger partial charge in [-0.15, -0.1) is 0 Å². The summed E-state index contributed by atoms with van der Waals surface area (Å²) in [6, 6.07) is 71.1. The Balaban J connectivity index is 0.995. The molecule has 10 aromatic carbocycles. The van der Waals surface area contributed by atoms with E-state index in [9.17, 15) is 0 Å². The molecule has 55 heavy (non-hydrogen) atoms. The number of fused-ring (bicyclic) bond motifs is 12. The van der Waals surface area contributed by atoms with Crippen molar-refractivity contribution in [1.29, 1.82) is 0 Å². The second-order valence-corrected chi connectivity index (χ2v) is 14.7. The number of nitrogens with zero attached hydrogens (tertiary/aromatic N) is 2. The highest BCUT2D eigenvalue weighted by atomic mass is 15.0. The fourth-order valence-corrected chi connectivity index (χ4v) is 9.17. The number of hydrogen-bond donors (Lipinski definition) is 0. The maximum atomic E-state index is 5.24. The molecule has 2 heteroatoms. The van der Waals surface area contributed by atoms with Crippen molar-refractivity contribution >= 4 is 81.4 Å². The van der Waals surface area contributed by atoms with Crippen LogP contribution < -0.4 is 0 Å². The van der Waals surface area contributed by atoms with Crippen LogP contribution in [0.15, 0.2) is 194 Å². The first-order chi connectivity index (χ1) is 27.3. The van der Waals surface area contributed by atoms with Gasteiger partial charge in [-0.3, -0.25) is 4.40 Å². The van der Waals surface area contributed by atoms with Crippen LogP contribution >= 0.6 is 0 Å². The zero-order valence-corrected chi connectivity index (χ0v) is 29.9. The molecular weight excluding hydrogens is 665 g/mol. The van der Waals surface area contributed by atoms with Crippen molar-refractivity contribution in [2.45, 2.75) is 0 Å². The Bertz CT molecular complexity index is 3500. The van der Waals surface area contributed by atoms with Gasteiger partial charge in [-0.05, 0) is 118 Å². The van der Waals surface area contributed by atoms with Crippen LogP contribution in [0.2, 0.25) is 0 Å². The normalized spacial score (nSPS) is 12.0. The van der Waals surface area contributed by atoms with E-state index in [0.29, 0.717) is 0 Å². The number of benzene rings is 10. The fraction of sp³-hybridized carbons (Fsp3) is 0. The van der Waals surface area contributed by atoms with Crippen LogP contribution in [0, 0.1) is 0 Å². The van der Waals surface area contributed by atoms with Gasteiger partial charge in [0.25, 0.3) is 0 Å². The van der Waals surface area contributed by atoms with Crippen molar-refractivity contribution in [2.75, 3.05) is 0 Å². The summed E-state index contributed by atoms with van der Waals surface area (Å²) in [6.07, 6.45) is 0. The number of hydrogen-bond acceptors (Lipinski definition) is 1. The summed E-state index contributed by atoms with van der Waals surface area (Å²) in [5, 5.41) is 13.7. The third-order valence-electron chi connectivity index (χ3n) is 11.7. The molecule has 0 spiro atoms. The minimum atomic E-state index is 0.998. The maximum absolute atomic E-state index is 5.24. The maximum Gasteiger partial charge on any atom is 0.146 e. The Kier molecular flexibility index (Phi) is 6.37. The summed E-state index contributed by atoms with van der Waals surface area (Å²) in [5.74, 6) is 0. The molecule has 0 bridgehead atoms. The van der Waals surface area contributed by atoms with Gasteiger partial charge in [-0.25, -0.2) is 4.98 Å². The first-order valence-electron chi connectivity index (χ1n) is 19.0. The van der Waals surface area contributed by atoms with Gasteiger partial charge in [0.05, 0.1) is 16.6 Å². The molecule has 0 saturated heterocycles. The topological polar surface area (TPSA) is 17.3 Å². The highest BCUT2D eigenvalue weighted by Gasteiger charge is 2.18. The standard InChI is InChI=1S/C53H32N2/c1-2-12-34-30-39(25-21-33(34)11-1)51-43-15-4-6-17-45(43)52(46-18-7-5-16-44(46)51)40-26-24-35-29-36(22-23-37(35)31-40)38-27-28-50-48(32-38)54-53-47-19-8-3-13-41(47)42-14-9-10-20-49(42)55(50)53/h1-32H. The minimum Gasteiger partial charge on any atom is -0.292 e. The van der Waals surface area contributed by atoms with Crippen LogP contribution in [-0.4, -0.2) is 9.38 Å². The molecule has 0 saturated carbocycles. The van der Waals surface area contributed by atoms with Crippen molar-refractivity contribution in [3.8, 4) is 33.4 Å². The molecule has 254 valence electrons. The molecule has 0 N–H and O–H groups in total. The Morgan fingerprint density at radius 1 is 0.291 bits per heavy atom. The quantitative estimate of drug-likeness (QED) is 0.133. The molecule has 0 amide bonds. The Hall–Kier alpha value is -7.29. The number of rotatable bonds is 3. The lowest BCUT2D eigenvalue weighted by atomic mass is 9.85. The van der Waals surface area contributed by atoms with Gasteiger partial charge in [0.2, 0.25) is 0 Å². The molecule has 0 unspecified atom stereocenters. The van der Waals surface area contributed by atoms with E-state index in [1.165, 1.54) is 92.6 Å². The SMILES string of the molecule is c1ccc2cc(-c3c4ccccc4c(-c4ccc5cc(-c6ccc7c(c6)nc6c8ccccc8c8ccccc8n76)ccc5c4)c4ccccc34)ccc2c1. The van der Waals surface area contributed by atoms with Gasteiger partial charge in [0.1, 0.15) is 5.65 Å². The molecule has 12 rings (SSSR count). The summed E-state index contributed by atoms with van der Waals surface area (Å²) in [4.78, 5) is 5.24. The molecule has 2 nitrogen and oxygen atoms in total. The lowest BCUT2D eigenvalue weighted by Crippen LogP contribution is -1.91. The minimum absolute atomic E-state index is 0.998. The zero-order valence-electron chi connectivity index (χ0n) is 29.9. The molecule has 0 aliphatic rings. The largest absolute Gasteiger partial charge is 0.292 e. The van der Waals surface area contributed by atoms with Crippen molar-refractivity contribution in [2.24, 2.45) is 0 Å². The van der Waals surface area contributed by atoms with Crippen molar-refractivity contribution in [3.05, 3.63) is 194 Å². The highest BCUT2D eigenvalue weighted by Crippen LogP contribution is 2.45. The van der Waals surface area contributed by atoms with Gasteiger partial charge < -0.3 is 0 Å². The van der Waals surface area contributed by atoms with Crippen molar-refractivity contribution in [3.63, 3.8) is 0 Å². The Morgan fingerprint density at radius 3 is 1.38 bits per heavy atom. The van der Waals surface area contributed by atoms with Crippen LogP contribution in [0.3, 0.4) is 0 Å². The second-order valence-electron chi connectivity index (χ2n) is 14.7. The van der Waals surface area contributed by atoms with Crippen LogP contribution in [0.25, 0.3) is 115 Å². The lowest BCUT2D eigenvalue weighted by molar-refractivity contribution is 1.31. The molecule has 0 aliphatic carbocycles. The van der Waals surface area contributed by atoms with E-state index in [2.05, 4.69) is 199 Å². The highest BCUT2D eigenvalue weighted by molar-refractivity contribution is 6.22. The average Bonchev–Trinajstić information content (AvgIpc) is 3.64. The van der Waals surface area contributed by atoms with Crippen molar-refractivity contribution < 1.29 is 0 Å². The summed E-state index contributed by atoms with van der Waals surface area (Å²) in [6.45, 7) is 0. The molecule has 2 aromatic heterocycles. The molecule has 0 aliphatic heterocycles. The molecule has 2 heterocycles.